The zero-order chi connectivity index (χ0) is 7.56. The fourth-order valence-corrected chi connectivity index (χ4v) is 1.12. The van der Waals surface area contributed by atoms with Gasteiger partial charge in [0.15, 0.2) is 0 Å². The van der Waals surface area contributed by atoms with Crippen LogP contribution in [0.2, 0.25) is 0 Å². The number of aliphatic carboxylic acids is 1. The number of isothiocyanates is 1. The Kier molecular flexibility index (Phi) is 2.14. The van der Waals surface area contributed by atoms with Gasteiger partial charge in [-0.1, -0.05) is 0 Å². The molecule has 0 bridgehead atoms. The highest BCUT2D eigenvalue weighted by Gasteiger charge is 2.33. The Morgan fingerprint density at radius 2 is 2.30 bits per heavy atom. The first-order valence-electron chi connectivity index (χ1n) is 3.04. The Bertz CT molecular complexity index is 186. The van der Waals surface area contributed by atoms with E-state index in [4.69, 9.17) is 5.11 Å². The van der Waals surface area contributed by atoms with Gasteiger partial charge in [0.2, 0.25) is 0 Å². The number of hydrogen-bond donors (Lipinski definition) is 1. The lowest BCUT2D eigenvalue weighted by Crippen LogP contribution is -2.32. The molecule has 0 spiro atoms. The minimum absolute atomic E-state index is 0.124. The second-order valence-electron chi connectivity index (χ2n) is 2.38. The lowest BCUT2D eigenvalue weighted by molar-refractivity contribution is -0.144. The van der Waals surface area contributed by atoms with Gasteiger partial charge in [-0.15, -0.1) is 0 Å². The van der Waals surface area contributed by atoms with Gasteiger partial charge in [-0.3, -0.25) is 4.79 Å². The molecule has 0 radical (unpaired) electrons. The van der Waals surface area contributed by atoms with E-state index in [1.807, 2.05) is 0 Å². The monoisotopic (exact) mass is 157 g/mol. The standard InChI is InChI=1S/C6H7NO2S/c8-6(9)4-1-5(2-4)7-3-10/h4-5H,1-2H2,(H,8,9). The Labute approximate surface area is 63.8 Å². The van der Waals surface area contributed by atoms with Gasteiger partial charge in [0.25, 0.3) is 0 Å². The SMILES string of the molecule is O=C(O)C1CC(N=C=S)C1. The first kappa shape index (κ1) is 7.38. The smallest absolute Gasteiger partial charge is 0.306 e. The molecule has 54 valence electrons. The normalized spacial score (nSPS) is 30.0. The molecule has 1 aliphatic carbocycles. The molecular formula is C6H7NO2S. The summed E-state index contributed by atoms with van der Waals surface area (Å²) in [5.74, 6) is -0.923. The highest BCUT2D eigenvalue weighted by Crippen LogP contribution is 2.29. The Morgan fingerprint density at radius 3 is 2.70 bits per heavy atom. The molecule has 3 nitrogen and oxygen atoms in total. The zero-order valence-corrected chi connectivity index (χ0v) is 6.10. The summed E-state index contributed by atoms with van der Waals surface area (Å²) in [5.41, 5.74) is 0. The van der Waals surface area contributed by atoms with E-state index in [2.05, 4.69) is 22.4 Å². The Morgan fingerprint density at radius 1 is 1.70 bits per heavy atom. The third-order valence-electron chi connectivity index (χ3n) is 1.70. The van der Waals surface area contributed by atoms with Gasteiger partial charge in [-0.05, 0) is 25.1 Å². The number of carbonyl (C=O) groups is 1. The quantitative estimate of drug-likeness (QED) is 0.479. The number of nitrogens with zero attached hydrogens (tertiary/aromatic N) is 1. The van der Waals surface area contributed by atoms with Crippen molar-refractivity contribution in [3.05, 3.63) is 0 Å². The molecule has 0 heterocycles. The van der Waals surface area contributed by atoms with Gasteiger partial charge < -0.3 is 5.11 Å². The molecule has 1 rings (SSSR count). The van der Waals surface area contributed by atoms with Crippen molar-refractivity contribution < 1.29 is 9.90 Å². The van der Waals surface area contributed by atoms with Crippen molar-refractivity contribution in [3.8, 4) is 0 Å². The molecule has 1 aliphatic rings. The summed E-state index contributed by atoms with van der Waals surface area (Å²) in [7, 11) is 0. The molecule has 10 heavy (non-hydrogen) atoms. The summed E-state index contributed by atoms with van der Waals surface area (Å²) < 4.78 is 0. The first-order valence-corrected chi connectivity index (χ1v) is 3.44. The van der Waals surface area contributed by atoms with Gasteiger partial charge >= 0.3 is 5.97 Å². The summed E-state index contributed by atoms with van der Waals surface area (Å²) in [5, 5.41) is 10.7. The van der Waals surface area contributed by atoms with E-state index in [-0.39, 0.29) is 12.0 Å². The highest BCUT2D eigenvalue weighted by molar-refractivity contribution is 7.78. The number of hydrogen-bond acceptors (Lipinski definition) is 3. The van der Waals surface area contributed by atoms with Crippen molar-refractivity contribution in [2.24, 2.45) is 10.9 Å². The number of carboxylic acids is 1. The van der Waals surface area contributed by atoms with Gasteiger partial charge in [0, 0.05) is 0 Å². The minimum atomic E-state index is -0.726. The second kappa shape index (κ2) is 2.90. The van der Waals surface area contributed by atoms with Crippen LogP contribution in [0.25, 0.3) is 0 Å². The molecule has 1 N–H and O–H groups in total. The molecule has 1 saturated carbocycles. The van der Waals surface area contributed by atoms with Crippen molar-refractivity contribution in [3.63, 3.8) is 0 Å². The van der Waals surface area contributed by atoms with Crippen molar-refractivity contribution in [2.45, 2.75) is 18.9 Å². The van der Waals surface area contributed by atoms with Gasteiger partial charge in [0.05, 0.1) is 17.1 Å². The molecule has 0 aliphatic heterocycles. The largest absolute Gasteiger partial charge is 0.481 e. The van der Waals surface area contributed by atoms with Crippen molar-refractivity contribution in [1.82, 2.24) is 0 Å². The van der Waals surface area contributed by atoms with Gasteiger partial charge in [-0.2, -0.15) is 0 Å². The maximum Gasteiger partial charge on any atom is 0.306 e. The van der Waals surface area contributed by atoms with Crippen LogP contribution in [0.4, 0.5) is 0 Å². The van der Waals surface area contributed by atoms with Crippen LogP contribution in [0.15, 0.2) is 4.99 Å². The highest BCUT2D eigenvalue weighted by atomic mass is 32.1. The molecule has 0 aromatic heterocycles. The fraction of sp³-hybridized carbons (Fsp3) is 0.667. The van der Waals surface area contributed by atoms with Crippen LogP contribution in [0, 0.1) is 5.92 Å². The van der Waals surface area contributed by atoms with Crippen LogP contribution >= 0.6 is 12.2 Å². The molecular weight excluding hydrogens is 150 g/mol. The van der Waals surface area contributed by atoms with Crippen LogP contribution in [0.5, 0.6) is 0 Å². The van der Waals surface area contributed by atoms with Crippen LogP contribution in [0.1, 0.15) is 12.8 Å². The van der Waals surface area contributed by atoms with Crippen molar-refractivity contribution >= 4 is 23.3 Å². The van der Waals surface area contributed by atoms with E-state index in [1.54, 1.807) is 0 Å². The van der Waals surface area contributed by atoms with Crippen LogP contribution < -0.4 is 0 Å². The van der Waals surface area contributed by atoms with Crippen molar-refractivity contribution in [1.29, 1.82) is 0 Å². The number of thiocarbonyl (C=S) groups is 1. The van der Waals surface area contributed by atoms with E-state index in [0.29, 0.717) is 12.8 Å². The van der Waals surface area contributed by atoms with E-state index >= 15 is 0 Å². The van der Waals surface area contributed by atoms with E-state index in [0.717, 1.165) is 0 Å². The third-order valence-corrected chi connectivity index (χ3v) is 1.80. The predicted molar refractivity (Wildman–Crippen MR) is 39.2 cm³/mol. The average molecular weight is 157 g/mol. The third kappa shape index (κ3) is 1.40. The van der Waals surface area contributed by atoms with Crippen LogP contribution in [0.3, 0.4) is 0 Å². The minimum Gasteiger partial charge on any atom is -0.481 e. The van der Waals surface area contributed by atoms with Gasteiger partial charge in [-0.25, -0.2) is 4.99 Å². The summed E-state index contributed by atoms with van der Waals surface area (Å²) in [6.45, 7) is 0. The molecule has 1 fully saturated rings. The molecule has 0 aromatic rings. The second-order valence-corrected chi connectivity index (χ2v) is 2.56. The molecule has 4 heteroatoms. The Hall–Kier alpha value is -0.730. The molecule has 0 atom stereocenters. The first-order chi connectivity index (χ1) is 4.74. The summed E-state index contributed by atoms with van der Waals surface area (Å²) in [6.07, 6.45) is 1.25. The average Bonchev–Trinajstić information content (AvgIpc) is 1.76. The van der Waals surface area contributed by atoms with E-state index < -0.39 is 5.97 Å². The lowest BCUT2D eigenvalue weighted by Gasteiger charge is -2.27. The molecule has 0 unspecified atom stereocenters. The summed E-state index contributed by atoms with van der Waals surface area (Å²) >= 11 is 4.37. The maximum atomic E-state index is 10.2. The number of carboxylic acid groups (broad SMARTS) is 1. The van der Waals surface area contributed by atoms with Crippen molar-refractivity contribution in [2.75, 3.05) is 0 Å². The van der Waals surface area contributed by atoms with E-state index in [1.165, 1.54) is 0 Å². The number of aliphatic imine (C=N–C) groups is 1. The van der Waals surface area contributed by atoms with Crippen LogP contribution in [-0.2, 0) is 4.79 Å². The molecule has 0 amide bonds. The fourth-order valence-electron chi connectivity index (χ4n) is 0.969. The zero-order valence-electron chi connectivity index (χ0n) is 5.28. The van der Waals surface area contributed by atoms with E-state index in [9.17, 15) is 4.79 Å². The topological polar surface area (TPSA) is 49.7 Å². The number of rotatable bonds is 2. The Balaban J connectivity index is 2.30. The van der Waals surface area contributed by atoms with Crippen LogP contribution in [-0.4, -0.2) is 22.3 Å². The molecule has 0 aromatic carbocycles. The van der Waals surface area contributed by atoms with Gasteiger partial charge in [0.1, 0.15) is 0 Å². The maximum absolute atomic E-state index is 10.2. The lowest BCUT2D eigenvalue weighted by atomic mass is 9.81. The summed E-state index contributed by atoms with van der Waals surface area (Å²) in [4.78, 5) is 14.0. The predicted octanol–water partition coefficient (Wildman–Crippen LogP) is 0.952. The summed E-state index contributed by atoms with van der Waals surface area (Å²) in [6, 6.07) is 0.124. The molecule has 0 saturated heterocycles.